The average molecular weight is 260 g/mol. The molecule has 0 bridgehead atoms. The second kappa shape index (κ2) is 3.87. The van der Waals surface area contributed by atoms with Crippen LogP contribution in [0.25, 0.3) is 0 Å². The third-order valence-electron chi connectivity index (χ3n) is 7.09. The van der Waals surface area contributed by atoms with E-state index in [4.69, 9.17) is 4.74 Å². The van der Waals surface area contributed by atoms with Crippen molar-refractivity contribution in [2.75, 3.05) is 6.61 Å². The van der Waals surface area contributed by atoms with E-state index in [-0.39, 0.29) is 5.60 Å². The Bertz CT molecular complexity index is 400. The van der Waals surface area contributed by atoms with Gasteiger partial charge in [-0.1, -0.05) is 44.8 Å². The molecule has 19 heavy (non-hydrogen) atoms. The quantitative estimate of drug-likeness (QED) is 0.612. The summed E-state index contributed by atoms with van der Waals surface area (Å²) >= 11 is 0. The molecular formula is C18H28O. The van der Waals surface area contributed by atoms with E-state index in [0.717, 1.165) is 12.5 Å². The van der Waals surface area contributed by atoms with Crippen LogP contribution in [0.3, 0.4) is 0 Å². The van der Waals surface area contributed by atoms with Gasteiger partial charge in [0.2, 0.25) is 0 Å². The van der Waals surface area contributed by atoms with Crippen LogP contribution in [0.15, 0.2) is 12.2 Å². The first-order valence-electron chi connectivity index (χ1n) is 8.45. The van der Waals surface area contributed by atoms with E-state index in [1.165, 1.54) is 64.2 Å². The van der Waals surface area contributed by atoms with Crippen LogP contribution in [0.2, 0.25) is 0 Å². The Balaban J connectivity index is 1.72. The average Bonchev–Trinajstić information content (AvgIpc) is 3.00. The van der Waals surface area contributed by atoms with Crippen molar-refractivity contribution in [3.05, 3.63) is 12.2 Å². The minimum absolute atomic E-state index is 0.241. The van der Waals surface area contributed by atoms with Gasteiger partial charge in [0, 0.05) is 10.8 Å². The molecule has 0 radical (unpaired) electrons. The summed E-state index contributed by atoms with van der Waals surface area (Å²) in [4.78, 5) is 0. The number of hydrogen-bond acceptors (Lipinski definition) is 1. The molecule has 0 aromatic carbocycles. The van der Waals surface area contributed by atoms with Gasteiger partial charge in [0.1, 0.15) is 0 Å². The maximum atomic E-state index is 6.51. The first-order chi connectivity index (χ1) is 9.14. The first-order valence-corrected chi connectivity index (χ1v) is 8.45. The van der Waals surface area contributed by atoms with E-state index in [1.54, 1.807) is 5.57 Å². The zero-order chi connectivity index (χ0) is 13.1. The van der Waals surface area contributed by atoms with Crippen LogP contribution in [0.4, 0.5) is 0 Å². The van der Waals surface area contributed by atoms with E-state index in [9.17, 15) is 0 Å². The number of allylic oxidation sites excluding steroid dienone is 1. The largest absolute Gasteiger partial charge is 0.374 e. The van der Waals surface area contributed by atoms with E-state index >= 15 is 0 Å². The topological polar surface area (TPSA) is 9.23 Å². The SMILES string of the molecule is C=C1CCCC[C@H]1[C@]12C[C@@]1(C)COC21CCCCC1. The molecule has 1 saturated heterocycles. The second-order valence-corrected chi connectivity index (χ2v) is 8.01. The van der Waals surface area contributed by atoms with Crippen LogP contribution < -0.4 is 0 Å². The normalized spacial score (nSPS) is 48.3. The molecule has 3 aliphatic carbocycles. The molecule has 4 aliphatic rings. The molecule has 0 amide bonds. The van der Waals surface area contributed by atoms with Gasteiger partial charge in [-0.2, -0.15) is 0 Å². The highest BCUT2D eigenvalue weighted by Crippen LogP contribution is 2.81. The highest BCUT2D eigenvalue weighted by molar-refractivity contribution is 5.32. The summed E-state index contributed by atoms with van der Waals surface area (Å²) in [7, 11) is 0. The second-order valence-electron chi connectivity index (χ2n) is 8.01. The zero-order valence-corrected chi connectivity index (χ0v) is 12.5. The van der Waals surface area contributed by atoms with Gasteiger partial charge in [0.15, 0.2) is 0 Å². The molecule has 0 unspecified atom stereocenters. The summed E-state index contributed by atoms with van der Waals surface area (Å²) in [6, 6.07) is 0. The smallest absolute Gasteiger partial charge is 0.0750 e. The minimum atomic E-state index is 0.241. The van der Waals surface area contributed by atoms with E-state index in [2.05, 4.69) is 13.5 Å². The van der Waals surface area contributed by atoms with Gasteiger partial charge >= 0.3 is 0 Å². The standard InChI is InChI=1S/C18H28O/c1-14-8-4-5-9-15(14)18-12-16(18,2)13-19-17(18)10-6-3-7-11-17/h15H,1,3-13H2,2H3/t15-,16+,18-/m1/s1. The van der Waals surface area contributed by atoms with Crippen LogP contribution in [0, 0.1) is 16.7 Å². The molecule has 1 spiro atoms. The van der Waals surface area contributed by atoms with Gasteiger partial charge in [-0.15, -0.1) is 0 Å². The van der Waals surface area contributed by atoms with Crippen molar-refractivity contribution in [1.82, 2.24) is 0 Å². The molecular weight excluding hydrogens is 232 g/mol. The summed E-state index contributed by atoms with van der Waals surface area (Å²) in [5, 5.41) is 0. The maximum Gasteiger partial charge on any atom is 0.0750 e. The maximum absolute atomic E-state index is 6.51. The van der Waals surface area contributed by atoms with Crippen LogP contribution >= 0.6 is 0 Å². The third-order valence-corrected chi connectivity index (χ3v) is 7.09. The fourth-order valence-electron chi connectivity index (χ4n) is 6.14. The number of fused-ring (bicyclic) bond motifs is 2. The van der Waals surface area contributed by atoms with Crippen molar-refractivity contribution < 1.29 is 4.74 Å². The molecule has 1 heterocycles. The van der Waals surface area contributed by atoms with Crippen molar-refractivity contribution in [2.45, 2.75) is 76.7 Å². The lowest BCUT2D eigenvalue weighted by molar-refractivity contribution is -0.0936. The highest BCUT2D eigenvalue weighted by Gasteiger charge is 2.80. The molecule has 1 heteroatoms. The Morgan fingerprint density at radius 1 is 1.11 bits per heavy atom. The predicted molar refractivity (Wildman–Crippen MR) is 78.0 cm³/mol. The summed E-state index contributed by atoms with van der Waals surface area (Å²) in [5.74, 6) is 0.770. The summed E-state index contributed by atoms with van der Waals surface area (Å²) in [5.41, 5.74) is 2.77. The summed E-state index contributed by atoms with van der Waals surface area (Å²) in [6.07, 6.45) is 13.7. The predicted octanol–water partition coefficient (Wildman–Crippen LogP) is 4.86. The third kappa shape index (κ3) is 1.41. The van der Waals surface area contributed by atoms with E-state index in [0.29, 0.717) is 10.8 Å². The molecule has 0 aromatic heterocycles. The first kappa shape index (κ1) is 12.4. The van der Waals surface area contributed by atoms with Crippen molar-refractivity contribution in [3.8, 4) is 0 Å². The Morgan fingerprint density at radius 3 is 2.58 bits per heavy atom. The molecule has 3 atom stereocenters. The van der Waals surface area contributed by atoms with Gasteiger partial charge in [0.25, 0.3) is 0 Å². The van der Waals surface area contributed by atoms with E-state index in [1.807, 2.05) is 0 Å². The molecule has 4 fully saturated rings. The fourth-order valence-corrected chi connectivity index (χ4v) is 6.14. The molecule has 0 aromatic rings. The number of hydrogen-bond donors (Lipinski definition) is 0. The Labute approximate surface area is 117 Å². The zero-order valence-electron chi connectivity index (χ0n) is 12.5. The van der Waals surface area contributed by atoms with Crippen LogP contribution in [0.1, 0.15) is 71.1 Å². The number of rotatable bonds is 1. The van der Waals surface area contributed by atoms with Gasteiger partial charge in [-0.3, -0.25) is 0 Å². The van der Waals surface area contributed by atoms with Crippen molar-refractivity contribution in [2.24, 2.45) is 16.7 Å². The monoisotopic (exact) mass is 260 g/mol. The van der Waals surface area contributed by atoms with Crippen LogP contribution in [-0.4, -0.2) is 12.2 Å². The molecule has 0 N–H and O–H groups in total. The lowest BCUT2D eigenvalue weighted by Crippen LogP contribution is -2.46. The minimum Gasteiger partial charge on any atom is -0.374 e. The highest BCUT2D eigenvalue weighted by atomic mass is 16.5. The van der Waals surface area contributed by atoms with Crippen molar-refractivity contribution in [3.63, 3.8) is 0 Å². The molecule has 3 saturated carbocycles. The van der Waals surface area contributed by atoms with Gasteiger partial charge in [0.05, 0.1) is 12.2 Å². The fraction of sp³-hybridized carbons (Fsp3) is 0.889. The Morgan fingerprint density at radius 2 is 1.89 bits per heavy atom. The lowest BCUT2D eigenvalue weighted by Gasteiger charge is -2.46. The molecule has 1 aliphatic heterocycles. The van der Waals surface area contributed by atoms with Gasteiger partial charge in [-0.05, 0) is 44.4 Å². The van der Waals surface area contributed by atoms with Gasteiger partial charge in [-0.25, -0.2) is 0 Å². The van der Waals surface area contributed by atoms with E-state index < -0.39 is 0 Å². The summed E-state index contributed by atoms with van der Waals surface area (Å²) in [6.45, 7) is 7.99. The van der Waals surface area contributed by atoms with Crippen molar-refractivity contribution >= 4 is 0 Å². The van der Waals surface area contributed by atoms with Gasteiger partial charge < -0.3 is 4.74 Å². The van der Waals surface area contributed by atoms with Crippen LogP contribution in [-0.2, 0) is 4.74 Å². The summed E-state index contributed by atoms with van der Waals surface area (Å²) < 4.78 is 6.51. The molecule has 1 nitrogen and oxygen atoms in total. The van der Waals surface area contributed by atoms with Crippen LogP contribution in [0.5, 0.6) is 0 Å². The Hall–Kier alpha value is -0.300. The molecule has 4 rings (SSSR count). The van der Waals surface area contributed by atoms with Crippen molar-refractivity contribution in [1.29, 1.82) is 0 Å². The lowest BCUT2D eigenvalue weighted by atomic mass is 9.61. The Kier molecular flexibility index (Phi) is 2.54. The number of ether oxygens (including phenoxy) is 1. The molecule has 106 valence electrons.